The molecule has 1 heterocycles. The van der Waals surface area contributed by atoms with Gasteiger partial charge >= 0.3 is 0 Å². The zero-order chi connectivity index (χ0) is 14.4. The fraction of sp³-hybridized carbons (Fsp3) is 0.471. The summed E-state index contributed by atoms with van der Waals surface area (Å²) in [5, 5.41) is 2.34. The number of fused-ring (bicyclic) bond motifs is 1. The summed E-state index contributed by atoms with van der Waals surface area (Å²) in [5.41, 5.74) is 1.14. The molecule has 2 rings (SSSR count). The first kappa shape index (κ1) is 14.8. The Morgan fingerprint density at radius 1 is 1.20 bits per heavy atom. The molecule has 108 valence electrons. The number of likely N-dealkylation sites (N-methyl/N-ethyl adjacent to an activating group) is 1. The van der Waals surface area contributed by atoms with Gasteiger partial charge in [0.2, 0.25) is 5.88 Å². The lowest BCUT2D eigenvalue weighted by atomic mass is 10.1. The van der Waals surface area contributed by atoms with Crippen molar-refractivity contribution in [3.8, 4) is 5.88 Å². The number of quaternary nitrogens is 1. The third kappa shape index (κ3) is 3.94. The first-order valence-corrected chi connectivity index (χ1v) is 7.51. The summed E-state index contributed by atoms with van der Waals surface area (Å²) in [6, 6.07) is 10.5. The Morgan fingerprint density at radius 2 is 2.00 bits per heavy atom. The SMILES string of the molecule is CCCCc1cc2ccccc2c(OCC[NH+](C)C)n1. The van der Waals surface area contributed by atoms with Gasteiger partial charge in [-0.15, -0.1) is 0 Å². The Labute approximate surface area is 121 Å². The predicted octanol–water partition coefficient (Wildman–Crippen LogP) is 2.10. The van der Waals surface area contributed by atoms with Crippen molar-refractivity contribution < 1.29 is 9.64 Å². The molecule has 3 heteroatoms. The van der Waals surface area contributed by atoms with Gasteiger partial charge < -0.3 is 9.64 Å². The van der Waals surface area contributed by atoms with Crippen LogP contribution in [0.4, 0.5) is 0 Å². The molecule has 0 fully saturated rings. The molecular formula is C17H25N2O+. The van der Waals surface area contributed by atoms with Gasteiger partial charge in [0, 0.05) is 11.1 Å². The fourth-order valence-electron chi connectivity index (χ4n) is 2.17. The Hall–Kier alpha value is -1.61. The number of aromatic nitrogens is 1. The van der Waals surface area contributed by atoms with E-state index >= 15 is 0 Å². The van der Waals surface area contributed by atoms with Crippen LogP contribution >= 0.6 is 0 Å². The van der Waals surface area contributed by atoms with Crippen LogP contribution < -0.4 is 9.64 Å². The standard InChI is InChI=1S/C17H24N2O/c1-4-5-9-15-13-14-8-6-7-10-16(14)17(18-15)20-12-11-19(2)3/h6-8,10,13H,4-5,9,11-12H2,1-3H3/p+1. The maximum absolute atomic E-state index is 5.92. The molecule has 3 nitrogen and oxygen atoms in total. The highest BCUT2D eigenvalue weighted by molar-refractivity contribution is 5.87. The van der Waals surface area contributed by atoms with Crippen LogP contribution in [0, 0.1) is 0 Å². The molecule has 0 amide bonds. The van der Waals surface area contributed by atoms with Crippen LogP contribution in [-0.2, 0) is 6.42 Å². The number of aryl methyl sites for hydroxylation is 1. The molecule has 0 unspecified atom stereocenters. The van der Waals surface area contributed by atoms with Crippen LogP contribution in [-0.4, -0.2) is 32.2 Å². The van der Waals surface area contributed by atoms with E-state index < -0.39 is 0 Å². The van der Waals surface area contributed by atoms with Gasteiger partial charge in [0.25, 0.3) is 0 Å². The van der Waals surface area contributed by atoms with E-state index in [1.165, 1.54) is 23.1 Å². The molecular weight excluding hydrogens is 248 g/mol. The molecule has 1 aromatic heterocycles. The van der Waals surface area contributed by atoms with E-state index in [1.807, 2.05) is 6.07 Å². The summed E-state index contributed by atoms with van der Waals surface area (Å²) >= 11 is 0. The quantitative estimate of drug-likeness (QED) is 0.836. The molecule has 1 N–H and O–H groups in total. The van der Waals surface area contributed by atoms with E-state index in [9.17, 15) is 0 Å². The smallest absolute Gasteiger partial charge is 0.221 e. The largest absolute Gasteiger partial charge is 0.471 e. The van der Waals surface area contributed by atoms with Crippen molar-refractivity contribution in [2.45, 2.75) is 26.2 Å². The second-order valence-electron chi connectivity index (χ2n) is 5.55. The summed E-state index contributed by atoms with van der Waals surface area (Å²) in [6.07, 6.45) is 3.39. The van der Waals surface area contributed by atoms with Gasteiger partial charge in [0.05, 0.1) is 14.1 Å². The predicted molar refractivity (Wildman–Crippen MR) is 83.5 cm³/mol. The van der Waals surface area contributed by atoms with Crippen molar-refractivity contribution in [2.24, 2.45) is 0 Å². The Bertz CT molecular complexity index is 552. The second-order valence-corrected chi connectivity index (χ2v) is 5.55. The molecule has 0 saturated carbocycles. The molecule has 0 radical (unpaired) electrons. The monoisotopic (exact) mass is 273 g/mol. The summed E-state index contributed by atoms with van der Waals surface area (Å²) in [4.78, 5) is 6.09. The second kappa shape index (κ2) is 7.25. The number of pyridine rings is 1. The normalized spacial score (nSPS) is 11.2. The molecule has 1 aromatic carbocycles. The maximum atomic E-state index is 5.92. The molecule has 20 heavy (non-hydrogen) atoms. The van der Waals surface area contributed by atoms with E-state index in [0.717, 1.165) is 29.9 Å². The molecule has 0 aliphatic carbocycles. The highest BCUT2D eigenvalue weighted by Crippen LogP contribution is 2.25. The summed E-state index contributed by atoms with van der Waals surface area (Å²) in [7, 11) is 4.26. The van der Waals surface area contributed by atoms with Crippen LogP contribution in [0.25, 0.3) is 10.8 Å². The van der Waals surface area contributed by atoms with Crippen molar-refractivity contribution in [1.82, 2.24) is 4.98 Å². The van der Waals surface area contributed by atoms with Gasteiger partial charge in [-0.3, -0.25) is 0 Å². The lowest BCUT2D eigenvalue weighted by Crippen LogP contribution is -3.06. The van der Waals surface area contributed by atoms with Gasteiger partial charge in [-0.2, -0.15) is 0 Å². The number of ether oxygens (including phenoxy) is 1. The lowest BCUT2D eigenvalue weighted by Gasteiger charge is -2.12. The van der Waals surface area contributed by atoms with Crippen LogP contribution in [0.5, 0.6) is 5.88 Å². The minimum Gasteiger partial charge on any atom is -0.471 e. The molecule has 0 bridgehead atoms. The summed E-state index contributed by atoms with van der Waals surface area (Å²) in [5.74, 6) is 0.787. The van der Waals surface area contributed by atoms with Crippen molar-refractivity contribution in [2.75, 3.05) is 27.2 Å². The van der Waals surface area contributed by atoms with Crippen molar-refractivity contribution in [3.63, 3.8) is 0 Å². The van der Waals surface area contributed by atoms with Gasteiger partial charge in [-0.25, -0.2) is 4.98 Å². The Kier molecular flexibility index (Phi) is 5.36. The van der Waals surface area contributed by atoms with E-state index in [4.69, 9.17) is 9.72 Å². The van der Waals surface area contributed by atoms with Crippen molar-refractivity contribution >= 4 is 10.8 Å². The van der Waals surface area contributed by atoms with Gasteiger partial charge in [-0.1, -0.05) is 31.5 Å². The van der Waals surface area contributed by atoms with Gasteiger partial charge in [0.15, 0.2) is 0 Å². The minimum atomic E-state index is 0.705. The van der Waals surface area contributed by atoms with Crippen LogP contribution in [0.1, 0.15) is 25.5 Å². The molecule has 0 atom stereocenters. The van der Waals surface area contributed by atoms with E-state index in [0.29, 0.717) is 6.61 Å². The van der Waals surface area contributed by atoms with Gasteiger partial charge in [0.1, 0.15) is 13.2 Å². The number of rotatable bonds is 7. The maximum Gasteiger partial charge on any atom is 0.221 e. The topological polar surface area (TPSA) is 26.6 Å². The fourth-order valence-corrected chi connectivity index (χ4v) is 2.17. The van der Waals surface area contributed by atoms with Crippen molar-refractivity contribution in [1.29, 1.82) is 0 Å². The zero-order valence-electron chi connectivity index (χ0n) is 12.8. The number of benzene rings is 1. The van der Waals surface area contributed by atoms with E-state index in [-0.39, 0.29) is 0 Å². The third-order valence-corrected chi connectivity index (χ3v) is 3.39. The average Bonchev–Trinajstić information content (AvgIpc) is 2.44. The highest BCUT2D eigenvalue weighted by Gasteiger charge is 2.07. The first-order valence-electron chi connectivity index (χ1n) is 7.51. The van der Waals surface area contributed by atoms with Crippen LogP contribution in [0.15, 0.2) is 30.3 Å². The molecule has 0 saturated heterocycles. The number of hydrogen-bond donors (Lipinski definition) is 1. The summed E-state index contributed by atoms with van der Waals surface area (Å²) in [6.45, 7) is 3.89. The Morgan fingerprint density at radius 3 is 2.75 bits per heavy atom. The number of nitrogens with one attached hydrogen (secondary N) is 1. The summed E-state index contributed by atoms with van der Waals surface area (Å²) < 4.78 is 5.92. The number of nitrogens with zero attached hydrogens (tertiary/aromatic N) is 1. The number of hydrogen-bond acceptors (Lipinski definition) is 2. The first-order chi connectivity index (χ1) is 9.70. The molecule has 0 aliphatic rings. The Balaban J connectivity index is 2.24. The van der Waals surface area contributed by atoms with E-state index in [1.54, 1.807) is 0 Å². The number of unbranched alkanes of at least 4 members (excludes halogenated alkanes) is 1. The highest BCUT2D eigenvalue weighted by atomic mass is 16.5. The zero-order valence-corrected chi connectivity index (χ0v) is 12.8. The molecule has 2 aromatic rings. The third-order valence-electron chi connectivity index (χ3n) is 3.39. The molecule has 0 spiro atoms. The molecule has 0 aliphatic heterocycles. The van der Waals surface area contributed by atoms with Crippen LogP contribution in [0.2, 0.25) is 0 Å². The van der Waals surface area contributed by atoms with Gasteiger partial charge in [-0.05, 0) is 30.4 Å². The van der Waals surface area contributed by atoms with Crippen LogP contribution in [0.3, 0.4) is 0 Å². The minimum absolute atomic E-state index is 0.705. The van der Waals surface area contributed by atoms with E-state index in [2.05, 4.69) is 45.3 Å². The lowest BCUT2D eigenvalue weighted by molar-refractivity contribution is -0.858. The average molecular weight is 273 g/mol. The van der Waals surface area contributed by atoms with Crippen molar-refractivity contribution in [3.05, 3.63) is 36.0 Å².